The Morgan fingerprint density at radius 3 is 2.40 bits per heavy atom. The van der Waals surface area contributed by atoms with E-state index in [9.17, 15) is 0 Å². The average molecular weight is 434 g/mol. The number of aromatic nitrogens is 1. The molecule has 2 aromatic carbocycles. The second-order valence-electron chi connectivity index (χ2n) is 8.70. The summed E-state index contributed by atoms with van der Waals surface area (Å²) in [5.74, 6) is 0.775. The van der Waals surface area contributed by atoms with E-state index < -0.39 is 0 Å². The first-order valence-electron chi connectivity index (χ1n) is 10.6. The molecule has 5 rings (SSSR count). The quantitative estimate of drug-likeness (QED) is 0.311. The summed E-state index contributed by atoms with van der Waals surface area (Å²) in [4.78, 5) is 7.97. The van der Waals surface area contributed by atoms with Crippen LogP contribution < -0.4 is 0 Å². The van der Waals surface area contributed by atoms with Gasteiger partial charge in [-0.25, -0.2) is 4.98 Å². The number of aryl methyl sites for hydroxylation is 4. The first-order chi connectivity index (χ1) is 14.0. The molecule has 0 saturated heterocycles. The average Bonchev–Trinajstić information content (AvgIpc) is 3.08. The number of rotatable bonds is 2. The van der Waals surface area contributed by atoms with E-state index in [0.717, 1.165) is 11.6 Å². The second kappa shape index (κ2) is 8.17. The van der Waals surface area contributed by atoms with E-state index in [0.29, 0.717) is 0 Å². The summed E-state index contributed by atoms with van der Waals surface area (Å²) in [5, 5.41) is 1.40. The predicted octanol–water partition coefficient (Wildman–Crippen LogP) is 8.10. The number of hydrogen-bond acceptors (Lipinski definition) is 2. The summed E-state index contributed by atoms with van der Waals surface area (Å²) in [7, 11) is 0. The monoisotopic (exact) mass is 433 g/mol. The van der Waals surface area contributed by atoms with Gasteiger partial charge in [0.25, 0.3) is 0 Å². The Hall–Kier alpha value is -2.16. The first kappa shape index (κ1) is 21.1. The standard InChI is InChI=1S/C27H27NS.ClH/c1-16-10-11-21-25(12-16)29-27-26(21)23(20-8-6-5-7-9-20)15-24(28-27)22-14-18(3)17(2)13-19(22)4;/h5-9,13-16H,10-12H2,1-4H3;1H. The highest BCUT2D eigenvalue weighted by Gasteiger charge is 2.24. The van der Waals surface area contributed by atoms with Gasteiger partial charge in [0.05, 0.1) is 5.69 Å². The molecule has 0 aliphatic heterocycles. The smallest absolute Gasteiger partial charge is 0.125 e. The van der Waals surface area contributed by atoms with E-state index in [1.807, 2.05) is 11.3 Å². The number of nitrogens with zero attached hydrogens (tertiary/aromatic N) is 1. The number of halogens is 1. The zero-order valence-electron chi connectivity index (χ0n) is 18.1. The van der Waals surface area contributed by atoms with Crippen LogP contribution in [0.15, 0.2) is 48.5 Å². The molecule has 1 unspecified atom stereocenters. The Balaban J connectivity index is 0.00000218. The number of pyridine rings is 1. The van der Waals surface area contributed by atoms with Crippen LogP contribution in [-0.4, -0.2) is 4.98 Å². The summed E-state index contributed by atoms with van der Waals surface area (Å²) in [5.41, 5.74) is 10.5. The molecule has 0 saturated carbocycles. The molecule has 1 atom stereocenters. The Labute approximate surface area is 189 Å². The van der Waals surface area contributed by atoms with Gasteiger partial charge in [0.1, 0.15) is 4.83 Å². The topological polar surface area (TPSA) is 12.9 Å². The largest absolute Gasteiger partial charge is 0.237 e. The van der Waals surface area contributed by atoms with Crippen LogP contribution in [-0.2, 0) is 12.8 Å². The van der Waals surface area contributed by atoms with Gasteiger partial charge in [0.15, 0.2) is 0 Å². The Morgan fingerprint density at radius 1 is 0.900 bits per heavy atom. The number of hydrogen-bond donors (Lipinski definition) is 0. The lowest BCUT2D eigenvalue weighted by Crippen LogP contribution is -2.08. The van der Waals surface area contributed by atoms with E-state index in [2.05, 4.69) is 76.2 Å². The van der Waals surface area contributed by atoms with Crippen molar-refractivity contribution < 1.29 is 0 Å². The van der Waals surface area contributed by atoms with E-state index in [4.69, 9.17) is 4.98 Å². The van der Waals surface area contributed by atoms with E-state index >= 15 is 0 Å². The van der Waals surface area contributed by atoms with Crippen molar-refractivity contribution in [3.8, 4) is 22.4 Å². The highest BCUT2D eigenvalue weighted by molar-refractivity contribution is 7.19. The molecular formula is C27H28ClNS. The number of fused-ring (bicyclic) bond motifs is 3. The van der Waals surface area contributed by atoms with Crippen LogP contribution in [0.4, 0.5) is 0 Å². The molecule has 1 aliphatic rings. The van der Waals surface area contributed by atoms with Crippen LogP contribution in [0.1, 0.15) is 40.5 Å². The Morgan fingerprint density at radius 2 is 1.63 bits per heavy atom. The van der Waals surface area contributed by atoms with Gasteiger partial charge in [-0.05, 0) is 91.5 Å². The molecule has 1 nitrogen and oxygen atoms in total. The molecule has 0 spiro atoms. The maximum Gasteiger partial charge on any atom is 0.125 e. The van der Waals surface area contributed by atoms with E-state index in [1.165, 1.54) is 62.9 Å². The summed E-state index contributed by atoms with van der Waals surface area (Å²) in [6.45, 7) is 8.96. The van der Waals surface area contributed by atoms with Crippen molar-refractivity contribution >= 4 is 34.0 Å². The lowest BCUT2D eigenvalue weighted by molar-refractivity contribution is 0.509. The van der Waals surface area contributed by atoms with Gasteiger partial charge in [0.2, 0.25) is 0 Å². The van der Waals surface area contributed by atoms with Crippen molar-refractivity contribution in [3.63, 3.8) is 0 Å². The lowest BCUT2D eigenvalue weighted by atomic mass is 9.87. The lowest BCUT2D eigenvalue weighted by Gasteiger charge is -2.18. The highest BCUT2D eigenvalue weighted by Crippen LogP contribution is 2.43. The third kappa shape index (κ3) is 3.57. The van der Waals surface area contributed by atoms with Crippen LogP contribution in [0, 0.1) is 26.7 Å². The van der Waals surface area contributed by atoms with Gasteiger partial charge in [-0.15, -0.1) is 23.7 Å². The molecular weight excluding hydrogens is 406 g/mol. The van der Waals surface area contributed by atoms with Gasteiger partial charge in [-0.3, -0.25) is 0 Å². The van der Waals surface area contributed by atoms with Crippen molar-refractivity contribution in [1.29, 1.82) is 0 Å². The first-order valence-corrected chi connectivity index (χ1v) is 11.4. The van der Waals surface area contributed by atoms with Crippen LogP contribution in [0.3, 0.4) is 0 Å². The van der Waals surface area contributed by atoms with Crippen molar-refractivity contribution in [2.75, 3.05) is 0 Å². The van der Waals surface area contributed by atoms with Crippen molar-refractivity contribution in [2.45, 2.75) is 47.0 Å². The zero-order chi connectivity index (χ0) is 20.1. The fourth-order valence-electron chi connectivity index (χ4n) is 4.66. The van der Waals surface area contributed by atoms with Crippen LogP contribution in [0.25, 0.3) is 32.6 Å². The van der Waals surface area contributed by atoms with Crippen molar-refractivity contribution in [2.24, 2.45) is 5.92 Å². The third-order valence-electron chi connectivity index (χ3n) is 6.47. The summed E-state index contributed by atoms with van der Waals surface area (Å²) < 4.78 is 0. The maximum atomic E-state index is 5.21. The van der Waals surface area contributed by atoms with Gasteiger partial charge >= 0.3 is 0 Å². The molecule has 2 aromatic heterocycles. The fourth-order valence-corrected chi connectivity index (χ4v) is 6.07. The molecule has 0 amide bonds. The molecule has 0 fully saturated rings. The summed E-state index contributed by atoms with van der Waals surface area (Å²) >= 11 is 1.92. The minimum absolute atomic E-state index is 0. The van der Waals surface area contributed by atoms with Gasteiger partial charge in [-0.2, -0.15) is 0 Å². The highest BCUT2D eigenvalue weighted by atomic mass is 35.5. The van der Waals surface area contributed by atoms with Gasteiger partial charge < -0.3 is 0 Å². The molecule has 30 heavy (non-hydrogen) atoms. The fraction of sp³-hybridized carbons (Fsp3) is 0.296. The van der Waals surface area contributed by atoms with Crippen molar-refractivity contribution in [1.82, 2.24) is 4.98 Å². The number of benzene rings is 2. The van der Waals surface area contributed by atoms with Gasteiger partial charge in [0, 0.05) is 15.8 Å². The molecule has 3 heteroatoms. The second-order valence-corrected chi connectivity index (χ2v) is 9.79. The molecule has 1 aliphatic carbocycles. The van der Waals surface area contributed by atoms with Crippen molar-refractivity contribution in [3.05, 3.63) is 75.7 Å². The molecule has 2 heterocycles. The maximum absolute atomic E-state index is 5.21. The molecule has 154 valence electrons. The summed E-state index contributed by atoms with van der Waals surface area (Å²) in [6.07, 6.45) is 3.66. The Kier molecular flexibility index (Phi) is 5.74. The third-order valence-corrected chi connectivity index (χ3v) is 7.62. The Bertz CT molecular complexity index is 1220. The zero-order valence-corrected chi connectivity index (χ0v) is 19.7. The van der Waals surface area contributed by atoms with E-state index in [-0.39, 0.29) is 12.4 Å². The summed E-state index contributed by atoms with van der Waals surface area (Å²) in [6, 6.07) is 17.8. The van der Waals surface area contributed by atoms with Gasteiger partial charge in [-0.1, -0.05) is 43.3 Å². The normalized spacial score (nSPS) is 15.7. The van der Waals surface area contributed by atoms with Crippen LogP contribution >= 0.6 is 23.7 Å². The molecule has 4 aromatic rings. The molecule has 0 N–H and O–H groups in total. The predicted molar refractivity (Wildman–Crippen MR) is 133 cm³/mol. The SMILES string of the molecule is Cc1cc(C)c(-c2cc(-c3ccccc3)c3c4c(sc3n2)CC(C)CC4)cc1C.Cl. The molecule has 0 radical (unpaired) electrons. The van der Waals surface area contributed by atoms with E-state index in [1.54, 1.807) is 10.4 Å². The molecule has 0 bridgehead atoms. The van der Waals surface area contributed by atoms with Crippen LogP contribution in [0.2, 0.25) is 0 Å². The van der Waals surface area contributed by atoms with Crippen LogP contribution in [0.5, 0.6) is 0 Å². The minimum Gasteiger partial charge on any atom is -0.237 e. The number of thiophene rings is 1. The minimum atomic E-state index is 0.